The van der Waals surface area contributed by atoms with Crippen molar-refractivity contribution < 1.29 is 0 Å². The van der Waals surface area contributed by atoms with Crippen molar-refractivity contribution in [3.05, 3.63) is 48.0 Å². The molecule has 0 N–H and O–H groups in total. The van der Waals surface area contributed by atoms with Gasteiger partial charge in [0.25, 0.3) is 0 Å². The molecule has 2 rings (SSSR count). The van der Waals surface area contributed by atoms with Crippen LogP contribution in [-0.4, -0.2) is 5.75 Å². The predicted octanol–water partition coefficient (Wildman–Crippen LogP) is 3.59. The Hall–Kier alpha value is -0.690. The molecule has 0 spiro atoms. The van der Waals surface area contributed by atoms with E-state index < -0.39 is 0 Å². The molecular formula is C12H14S. The van der Waals surface area contributed by atoms with Crippen LogP contribution in [-0.2, 0) is 6.42 Å². The van der Waals surface area contributed by atoms with Crippen LogP contribution in [0.15, 0.2) is 36.9 Å². The minimum Gasteiger partial charge on any atom is -0.150 e. The topological polar surface area (TPSA) is 0 Å². The van der Waals surface area contributed by atoms with E-state index in [1.807, 2.05) is 17.8 Å². The van der Waals surface area contributed by atoms with E-state index >= 15 is 0 Å². The average molecular weight is 190 g/mol. The lowest BCUT2D eigenvalue weighted by molar-refractivity contribution is 0.892. The van der Waals surface area contributed by atoms with Crippen molar-refractivity contribution in [2.45, 2.75) is 18.1 Å². The van der Waals surface area contributed by atoms with E-state index in [4.69, 9.17) is 0 Å². The van der Waals surface area contributed by atoms with Gasteiger partial charge in [0, 0.05) is 11.0 Å². The van der Waals surface area contributed by atoms with Crippen LogP contribution in [0.4, 0.5) is 0 Å². The first-order chi connectivity index (χ1) is 6.42. The third-order valence-corrected chi connectivity index (χ3v) is 3.81. The van der Waals surface area contributed by atoms with Crippen molar-refractivity contribution in [1.82, 2.24) is 0 Å². The summed E-state index contributed by atoms with van der Waals surface area (Å²) in [5, 5.41) is 0.717. The summed E-state index contributed by atoms with van der Waals surface area (Å²) in [5.74, 6) is 1.07. The van der Waals surface area contributed by atoms with Gasteiger partial charge in [0.2, 0.25) is 0 Å². The molecule has 68 valence electrons. The van der Waals surface area contributed by atoms with Crippen molar-refractivity contribution in [1.29, 1.82) is 0 Å². The Kier molecular flexibility index (Phi) is 2.74. The largest absolute Gasteiger partial charge is 0.150 e. The molecule has 0 aliphatic heterocycles. The lowest BCUT2D eigenvalue weighted by Gasteiger charge is -2.08. The number of hydrogen-bond acceptors (Lipinski definition) is 1. The SMILES string of the molecule is C=CCS[C@H]1CCc2ccccc21. The van der Waals surface area contributed by atoms with E-state index in [1.54, 1.807) is 11.1 Å². The minimum atomic E-state index is 0.717. The van der Waals surface area contributed by atoms with E-state index in [2.05, 4.69) is 30.8 Å². The van der Waals surface area contributed by atoms with Gasteiger partial charge in [-0.05, 0) is 24.0 Å². The smallest absolute Gasteiger partial charge is 0.0306 e. The lowest BCUT2D eigenvalue weighted by atomic mass is 10.1. The maximum Gasteiger partial charge on any atom is 0.0306 e. The average Bonchev–Trinajstić information content (AvgIpc) is 2.58. The van der Waals surface area contributed by atoms with Crippen LogP contribution in [0, 0.1) is 0 Å². The van der Waals surface area contributed by atoms with Crippen LogP contribution < -0.4 is 0 Å². The highest BCUT2D eigenvalue weighted by Crippen LogP contribution is 2.40. The zero-order chi connectivity index (χ0) is 9.10. The standard InChI is InChI=1S/C12H14S/c1-2-9-13-12-8-7-10-5-3-4-6-11(10)12/h2-6,12H,1,7-9H2/t12-/m0/s1. The van der Waals surface area contributed by atoms with Crippen LogP contribution in [0.1, 0.15) is 22.8 Å². The Labute approximate surface area is 84.0 Å². The Morgan fingerprint density at radius 1 is 1.46 bits per heavy atom. The first-order valence-corrected chi connectivity index (χ1v) is 5.77. The quantitative estimate of drug-likeness (QED) is 0.656. The van der Waals surface area contributed by atoms with Crippen LogP contribution in [0.25, 0.3) is 0 Å². The molecule has 0 unspecified atom stereocenters. The van der Waals surface area contributed by atoms with Gasteiger partial charge in [0.15, 0.2) is 0 Å². The third kappa shape index (κ3) is 1.80. The fraction of sp³-hybridized carbons (Fsp3) is 0.333. The first kappa shape index (κ1) is 8.89. The Bertz CT molecular complexity index is 304. The van der Waals surface area contributed by atoms with Crippen molar-refractivity contribution in [3.63, 3.8) is 0 Å². The minimum absolute atomic E-state index is 0.717. The van der Waals surface area contributed by atoms with Gasteiger partial charge >= 0.3 is 0 Å². The maximum absolute atomic E-state index is 3.76. The number of hydrogen-bond donors (Lipinski definition) is 0. The fourth-order valence-corrected chi connectivity index (χ4v) is 2.94. The lowest BCUT2D eigenvalue weighted by Crippen LogP contribution is -1.87. The van der Waals surface area contributed by atoms with Crippen molar-refractivity contribution in [2.75, 3.05) is 5.75 Å². The summed E-state index contributed by atoms with van der Waals surface area (Å²) >= 11 is 2.01. The second-order valence-electron chi connectivity index (χ2n) is 3.35. The summed E-state index contributed by atoms with van der Waals surface area (Å²) in [6, 6.07) is 8.80. The number of benzene rings is 1. The van der Waals surface area contributed by atoms with Gasteiger partial charge in [-0.15, -0.1) is 18.3 Å². The van der Waals surface area contributed by atoms with Gasteiger partial charge < -0.3 is 0 Å². The molecular weight excluding hydrogens is 176 g/mol. The third-order valence-electron chi connectivity index (χ3n) is 2.49. The molecule has 0 fully saturated rings. The monoisotopic (exact) mass is 190 g/mol. The summed E-state index contributed by atoms with van der Waals surface area (Å²) in [6.07, 6.45) is 4.55. The van der Waals surface area contributed by atoms with Crippen molar-refractivity contribution in [3.8, 4) is 0 Å². The van der Waals surface area contributed by atoms with Gasteiger partial charge in [0.1, 0.15) is 0 Å². The van der Waals surface area contributed by atoms with Crippen molar-refractivity contribution in [2.24, 2.45) is 0 Å². The molecule has 1 aliphatic carbocycles. The number of fused-ring (bicyclic) bond motifs is 1. The maximum atomic E-state index is 3.76. The molecule has 1 heteroatoms. The highest BCUT2D eigenvalue weighted by molar-refractivity contribution is 7.99. The van der Waals surface area contributed by atoms with Crippen LogP contribution in [0.3, 0.4) is 0 Å². The molecule has 1 aromatic carbocycles. The molecule has 1 atom stereocenters. The van der Waals surface area contributed by atoms with Gasteiger partial charge in [-0.3, -0.25) is 0 Å². The molecule has 0 nitrogen and oxygen atoms in total. The van der Waals surface area contributed by atoms with Crippen LogP contribution >= 0.6 is 11.8 Å². The summed E-state index contributed by atoms with van der Waals surface area (Å²) in [4.78, 5) is 0. The van der Waals surface area contributed by atoms with E-state index in [-0.39, 0.29) is 0 Å². The molecule has 0 aromatic heterocycles. The predicted molar refractivity (Wildman–Crippen MR) is 60.2 cm³/mol. The molecule has 0 saturated carbocycles. The summed E-state index contributed by atoms with van der Waals surface area (Å²) in [6.45, 7) is 3.76. The Morgan fingerprint density at radius 2 is 2.31 bits per heavy atom. The number of thioether (sulfide) groups is 1. The molecule has 0 saturated heterocycles. The fourth-order valence-electron chi connectivity index (χ4n) is 1.88. The van der Waals surface area contributed by atoms with Crippen LogP contribution in [0.2, 0.25) is 0 Å². The van der Waals surface area contributed by atoms with Gasteiger partial charge in [-0.2, -0.15) is 0 Å². The normalized spacial score (nSPS) is 19.8. The zero-order valence-corrected chi connectivity index (χ0v) is 8.52. The zero-order valence-electron chi connectivity index (χ0n) is 7.70. The van der Waals surface area contributed by atoms with E-state index in [0.717, 1.165) is 5.75 Å². The van der Waals surface area contributed by atoms with E-state index in [9.17, 15) is 0 Å². The van der Waals surface area contributed by atoms with Crippen molar-refractivity contribution >= 4 is 11.8 Å². The van der Waals surface area contributed by atoms with E-state index in [1.165, 1.54) is 12.8 Å². The van der Waals surface area contributed by atoms with Gasteiger partial charge in [-0.1, -0.05) is 30.3 Å². The molecule has 0 amide bonds. The summed E-state index contributed by atoms with van der Waals surface area (Å²) in [5.41, 5.74) is 3.10. The molecule has 0 bridgehead atoms. The highest BCUT2D eigenvalue weighted by atomic mass is 32.2. The molecule has 1 aromatic rings. The molecule has 0 radical (unpaired) electrons. The molecule has 13 heavy (non-hydrogen) atoms. The Balaban J connectivity index is 2.13. The van der Waals surface area contributed by atoms with Crippen LogP contribution in [0.5, 0.6) is 0 Å². The second kappa shape index (κ2) is 4.01. The molecule has 0 heterocycles. The Morgan fingerprint density at radius 3 is 3.15 bits per heavy atom. The first-order valence-electron chi connectivity index (χ1n) is 4.72. The highest BCUT2D eigenvalue weighted by Gasteiger charge is 2.21. The second-order valence-corrected chi connectivity index (χ2v) is 4.58. The number of aryl methyl sites for hydroxylation is 1. The van der Waals surface area contributed by atoms with E-state index in [0.29, 0.717) is 5.25 Å². The van der Waals surface area contributed by atoms with Gasteiger partial charge in [-0.25, -0.2) is 0 Å². The molecule has 1 aliphatic rings. The van der Waals surface area contributed by atoms with Gasteiger partial charge in [0.05, 0.1) is 0 Å². The number of rotatable bonds is 3. The summed E-state index contributed by atoms with van der Waals surface area (Å²) in [7, 11) is 0. The summed E-state index contributed by atoms with van der Waals surface area (Å²) < 4.78 is 0.